The summed E-state index contributed by atoms with van der Waals surface area (Å²) in [7, 11) is 0. The summed E-state index contributed by atoms with van der Waals surface area (Å²) in [6, 6.07) is 10.9. The van der Waals surface area contributed by atoms with Crippen LogP contribution in [0.15, 0.2) is 52.0 Å². The lowest BCUT2D eigenvalue weighted by Crippen LogP contribution is -2.44. The number of phenolic OH excluding ortho intramolecular Hbond substituents is 1. The van der Waals surface area contributed by atoms with Crippen LogP contribution in [0.4, 0.5) is 0 Å². The first-order valence-corrected chi connectivity index (χ1v) is 13.2. The second-order valence-electron chi connectivity index (χ2n) is 10.8. The normalized spacial score (nSPS) is 18.5. The summed E-state index contributed by atoms with van der Waals surface area (Å²) in [5.41, 5.74) is 1.84. The first-order chi connectivity index (χ1) is 16.9. The zero-order chi connectivity index (χ0) is 26.7. The van der Waals surface area contributed by atoms with Crippen molar-refractivity contribution in [3.63, 3.8) is 0 Å². The Hall–Kier alpha value is -2.64. The zero-order valence-corrected chi connectivity index (χ0v) is 22.9. The van der Waals surface area contributed by atoms with Crippen molar-refractivity contribution in [2.75, 3.05) is 13.2 Å². The fraction of sp³-hybridized carbons (Fsp3) is 0.483. The Morgan fingerprint density at radius 2 is 1.81 bits per heavy atom. The van der Waals surface area contributed by atoms with Crippen molar-refractivity contribution in [2.45, 2.75) is 76.7 Å². The van der Waals surface area contributed by atoms with Crippen molar-refractivity contribution in [1.82, 2.24) is 0 Å². The van der Waals surface area contributed by atoms with Crippen LogP contribution in [-0.4, -0.2) is 40.1 Å². The van der Waals surface area contributed by atoms with Gasteiger partial charge in [0, 0.05) is 11.3 Å². The van der Waals surface area contributed by atoms with Gasteiger partial charge in [-0.1, -0.05) is 58.5 Å². The number of rotatable bonds is 9. The lowest BCUT2D eigenvalue weighted by atomic mass is 9.80. The summed E-state index contributed by atoms with van der Waals surface area (Å²) in [6.45, 7) is 12.3. The van der Waals surface area contributed by atoms with Crippen LogP contribution < -0.4 is 4.74 Å². The molecule has 1 heterocycles. The molecule has 0 aliphatic carbocycles. The van der Waals surface area contributed by atoms with Crippen LogP contribution >= 0.6 is 11.8 Å². The number of carbonyl (C=O) groups is 1. The molecule has 0 amide bonds. The van der Waals surface area contributed by atoms with Crippen molar-refractivity contribution < 1.29 is 29.6 Å². The minimum Gasteiger partial charge on any atom is -0.511 e. The number of hydrogen-bond acceptors (Lipinski definition) is 7. The summed E-state index contributed by atoms with van der Waals surface area (Å²) < 4.78 is 11.8. The summed E-state index contributed by atoms with van der Waals surface area (Å²) >= 11 is 1.23. The van der Waals surface area contributed by atoms with Gasteiger partial charge in [-0.15, -0.1) is 0 Å². The number of phenols is 1. The molecule has 1 unspecified atom stereocenters. The number of aromatic hydroxyl groups is 1. The monoisotopic (exact) mass is 514 g/mol. The van der Waals surface area contributed by atoms with E-state index in [1.807, 2.05) is 45.0 Å². The minimum absolute atomic E-state index is 0.00241. The van der Waals surface area contributed by atoms with E-state index in [2.05, 4.69) is 20.8 Å². The van der Waals surface area contributed by atoms with Gasteiger partial charge in [-0.3, -0.25) is 0 Å². The van der Waals surface area contributed by atoms with Gasteiger partial charge in [-0.25, -0.2) is 4.79 Å². The second-order valence-corrected chi connectivity index (χ2v) is 11.8. The van der Waals surface area contributed by atoms with Crippen molar-refractivity contribution >= 4 is 17.7 Å². The third kappa shape index (κ3) is 6.37. The van der Waals surface area contributed by atoms with Crippen molar-refractivity contribution in [2.24, 2.45) is 5.92 Å². The van der Waals surface area contributed by atoms with Gasteiger partial charge >= 0.3 is 5.97 Å². The molecule has 3 rings (SSSR count). The van der Waals surface area contributed by atoms with Gasteiger partial charge in [0.25, 0.3) is 0 Å². The van der Waals surface area contributed by atoms with Crippen molar-refractivity contribution in [3.05, 3.63) is 63.8 Å². The molecule has 7 heteroatoms. The van der Waals surface area contributed by atoms with Crippen LogP contribution in [0.5, 0.6) is 11.5 Å². The number of cyclic esters (lactones) is 1. The third-order valence-corrected chi connectivity index (χ3v) is 7.85. The maximum atomic E-state index is 13.3. The molecule has 2 aromatic carbocycles. The molecule has 1 aliphatic rings. The van der Waals surface area contributed by atoms with E-state index in [9.17, 15) is 15.0 Å². The second kappa shape index (κ2) is 11.2. The molecule has 0 aromatic heterocycles. The van der Waals surface area contributed by atoms with Gasteiger partial charge in [0.05, 0.1) is 6.61 Å². The number of benzene rings is 2. The van der Waals surface area contributed by atoms with E-state index in [-0.39, 0.29) is 47.4 Å². The van der Waals surface area contributed by atoms with Crippen LogP contribution in [0.3, 0.4) is 0 Å². The predicted molar refractivity (Wildman–Crippen MR) is 143 cm³/mol. The number of aliphatic hydroxyl groups is 2. The van der Waals surface area contributed by atoms with E-state index >= 15 is 0 Å². The largest absolute Gasteiger partial charge is 0.511 e. The molecule has 0 fully saturated rings. The van der Waals surface area contributed by atoms with E-state index in [1.54, 1.807) is 12.1 Å². The lowest BCUT2D eigenvalue weighted by Gasteiger charge is -2.40. The Kier molecular flexibility index (Phi) is 8.67. The van der Waals surface area contributed by atoms with Crippen LogP contribution in [0, 0.1) is 12.8 Å². The molecule has 196 valence electrons. The Morgan fingerprint density at radius 1 is 1.14 bits per heavy atom. The fourth-order valence-corrected chi connectivity index (χ4v) is 5.62. The minimum atomic E-state index is -0.812. The molecule has 0 saturated heterocycles. The Morgan fingerprint density at radius 3 is 2.36 bits per heavy atom. The molecule has 6 nitrogen and oxygen atoms in total. The Bertz CT molecular complexity index is 1110. The standard InChI is InChI=1S/C29H38O6S/c1-18(2)29(12-11-20-7-9-21(31)10-8-20)17-23(32)26(27(33)35-29)36-25-15-19(3)24(34-14-13-30)16-22(25)28(4,5)6/h7-10,15-16,18,30-32H,11-14,17H2,1-6H3. The first kappa shape index (κ1) is 27.9. The molecule has 3 N–H and O–H groups in total. The van der Waals surface area contributed by atoms with Gasteiger partial charge in [0.1, 0.15) is 34.4 Å². The topological polar surface area (TPSA) is 96.2 Å². The smallest absolute Gasteiger partial charge is 0.349 e. The van der Waals surface area contributed by atoms with Gasteiger partial charge in [0.2, 0.25) is 0 Å². The van der Waals surface area contributed by atoms with E-state index in [0.29, 0.717) is 18.6 Å². The van der Waals surface area contributed by atoms with Crippen molar-refractivity contribution in [3.8, 4) is 11.5 Å². The van der Waals surface area contributed by atoms with Crippen LogP contribution in [0.1, 0.15) is 64.2 Å². The number of carbonyl (C=O) groups excluding carboxylic acids is 1. The van der Waals surface area contributed by atoms with Gasteiger partial charge in [-0.2, -0.15) is 0 Å². The van der Waals surface area contributed by atoms with Gasteiger partial charge in [0.15, 0.2) is 0 Å². The highest BCUT2D eigenvalue weighted by Gasteiger charge is 2.44. The summed E-state index contributed by atoms with van der Waals surface area (Å²) in [5.74, 6) is 0.440. The van der Waals surface area contributed by atoms with E-state index in [0.717, 1.165) is 21.6 Å². The van der Waals surface area contributed by atoms with E-state index in [1.165, 1.54) is 11.8 Å². The maximum Gasteiger partial charge on any atom is 0.349 e. The number of hydrogen-bond donors (Lipinski definition) is 3. The average molecular weight is 515 g/mol. The number of thioether (sulfide) groups is 1. The quantitative estimate of drug-likeness (QED) is 0.343. The number of aryl methyl sites for hydroxylation is 2. The number of esters is 1. The highest BCUT2D eigenvalue weighted by atomic mass is 32.2. The zero-order valence-electron chi connectivity index (χ0n) is 22.1. The SMILES string of the molecule is Cc1cc(SC2=C(O)CC(CCc3ccc(O)cc3)(C(C)C)OC2=O)c(C(C)(C)C)cc1OCCO. The number of ether oxygens (including phenoxy) is 2. The summed E-state index contributed by atoms with van der Waals surface area (Å²) in [5, 5.41) is 29.8. The highest BCUT2D eigenvalue weighted by molar-refractivity contribution is 8.04. The van der Waals surface area contributed by atoms with Crippen LogP contribution in [0.25, 0.3) is 0 Å². The molecule has 0 saturated carbocycles. The first-order valence-electron chi connectivity index (χ1n) is 12.4. The molecule has 0 radical (unpaired) electrons. The Labute approximate surface area is 218 Å². The van der Waals surface area contributed by atoms with Crippen LogP contribution in [0.2, 0.25) is 0 Å². The summed E-state index contributed by atoms with van der Waals surface area (Å²) in [6.07, 6.45) is 1.47. The van der Waals surface area contributed by atoms with Crippen LogP contribution in [-0.2, 0) is 21.4 Å². The molecule has 0 spiro atoms. The summed E-state index contributed by atoms with van der Waals surface area (Å²) in [4.78, 5) is 14.4. The van der Waals surface area contributed by atoms with E-state index < -0.39 is 11.6 Å². The molecular formula is C29H38O6S. The molecule has 36 heavy (non-hydrogen) atoms. The highest BCUT2D eigenvalue weighted by Crippen LogP contribution is 2.46. The molecule has 1 atom stereocenters. The van der Waals surface area contributed by atoms with Gasteiger partial charge in [-0.05, 0) is 72.1 Å². The molecular weight excluding hydrogens is 476 g/mol. The maximum absolute atomic E-state index is 13.3. The molecule has 1 aliphatic heterocycles. The lowest BCUT2D eigenvalue weighted by molar-refractivity contribution is -0.164. The Balaban J connectivity index is 1.90. The fourth-order valence-electron chi connectivity index (χ4n) is 4.37. The van der Waals surface area contributed by atoms with Gasteiger partial charge < -0.3 is 24.8 Å². The predicted octanol–water partition coefficient (Wildman–Crippen LogP) is 6.21. The van der Waals surface area contributed by atoms with E-state index in [4.69, 9.17) is 14.6 Å². The number of aliphatic hydroxyl groups excluding tert-OH is 2. The molecule has 0 bridgehead atoms. The van der Waals surface area contributed by atoms with Crippen molar-refractivity contribution in [1.29, 1.82) is 0 Å². The molecule has 2 aromatic rings. The average Bonchev–Trinajstić information content (AvgIpc) is 2.79. The third-order valence-electron chi connectivity index (χ3n) is 6.68.